The molecular formula is C10H22O. The highest BCUT2D eigenvalue weighted by Gasteiger charge is 2.27. The quantitative estimate of drug-likeness (QED) is 0.667. The Morgan fingerprint density at radius 3 is 2.00 bits per heavy atom. The highest BCUT2D eigenvalue weighted by atomic mass is 16.3. The molecule has 1 heteroatoms. The number of aliphatic hydroxyl groups is 1. The lowest BCUT2D eigenvalue weighted by atomic mass is 9.72. The Morgan fingerprint density at radius 2 is 1.73 bits per heavy atom. The Bertz CT molecular complexity index is 107. The van der Waals surface area contributed by atoms with E-state index in [1.165, 1.54) is 6.42 Å². The molecule has 0 saturated heterocycles. The fourth-order valence-corrected chi connectivity index (χ4v) is 1.25. The monoisotopic (exact) mass is 158 g/mol. The third-order valence-electron chi connectivity index (χ3n) is 3.29. The lowest BCUT2D eigenvalue weighted by Gasteiger charge is -2.34. The van der Waals surface area contributed by atoms with Crippen molar-refractivity contribution < 1.29 is 5.11 Å². The van der Waals surface area contributed by atoms with Crippen LogP contribution >= 0.6 is 0 Å². The van der Waals surface area contributed by atoms with Gasteiger partial charge in [-0.05, 0) is 17.3 Å². The molecule has 0 aliphatic rings. The smallest absolute Gasteiger partial charge is 0.0459 e. The Kier molecular flexibility index (Phi) is 4.09. The van der Waals surface area contributed by atoms with Crippen LogP contribution in [0.15, 0.2) is 0 Å². The van der Waals surface area contributed by atoms with Gasteiger partial charge in [0.25, 0.3) is 0 Å². The summed E-state index contributed by atoms with van der Waals surface area (Å²) >= 11 is 0. The maximum absolute atomic E-state index is 8.96. The van der Waals surface area contributed by atoms with E-state index in [0.29, 0.717) is 23.9 Å². The van der Waals surface area contributed by atoms with Gasteiger partial charge in [0.2, 0.25) is 0 Å². The molecular weight excluding hydrogens is 136 g/mol. The van der Waals surface area contributed by atoms with Gasteiger partial charge in [-0.25, -0.2) is 0 Å². The molecule has 11 heavy (non-hydrogen) atoms. The summed E-state index contributed by atoms with van der Waals surface area (Å²) in [5, 5.41) is 8.96. The molecule has 0 fully saturated rings. The van der Waals surface area contributed by atoms with Crippen molar-refractivity contribution in [1.82, 2.24) is 0 Å². The summed E-state index contributed by atoms with van der Waals surface area (Å²) in [6, 6.07) is 0. The Labute approximate surface area is 70.8 Å². The summed E-state index contributed by atoms with van der Waals surface area (Å²) in [5.41, 5.74) is 0.363. The minimum Gasteiger partial charge on any atom is -0.396 e. The predicted molar refractivity (Wildman–Crippen MR) is 49.5 cm³/mol. The van der Waals surface area contributed by atoms with Crippen LogP contribution < -0.4 is 0 Å². The molecule has 0 heterocycles. The van der Waals surface area contributed by atoms with E-state index in [-0.39, 0.29) is 0 Å². The minimum absolute atomic E-state index is 0.310. The van der Waals surface area contributed by atoms with E-state index >= 15 is 0 Å². The van der Waals surface area contributed by atoms with E-state index in [0.717, 1.165) is 0 Å². The second kappa shape index (κ2) is 4.10. The highest BCUT2D eigenvalue weighted by Crippen LogP contribution is 2.34. The summed E-state index contributed by atoms with van der Waals surface area (Å²) in [5.74, 6) is 1.02. The van der Waals surface area contributed by atoms with E-state index in [1.807, 2.05) is 0 Å². The summed E-state index contributed by atoms with van der Waals surface area (Å²) in [6.07, 6.45) is 1.18. The predicted octanol–water partition coefficient (Wildman–Crippen LogP) is 2.69. The first-order chi connectivity index (χ1) is 4.95. The van der Waals surface area contributed by atoms with Crippen molar-refractivity contribution in [3.05, 3.63) is 0 Å². The first-order valence-corrected chi connectivity index (χ1v) is 4.56. The standard InChI is InChI=1S/C10H22O/c1-6-10(4,5)9(3)8(2)7-11/h8-9,11H,6-7H2,1-5H3. The van der Waals surface area contributed by atoms with Gasteiger partial charge in [0.15, 0.2) is 0 Å². The van der Waals surface area contributed by atoms with Gasteiger partial charge < -0.3 is 5.11 Å². The van der Waals surface area contributed by atoms with Crippen molar-refractivity contribution in [2.24, 2.45) is 17.3 Å². The molecule has 0 aliphatic carbocycles. The molecule has 0 amide bonds. The van der Waals surface area contributed by atoms with E-state index in [1.54, 1.807) is 0 Å². The molecule has 2 unspecified atom stereocenters. The maximum atomic E-state index is 8.96. The third kappa shape index (κ3) is 2.82. The van der Waals surface area contributed by atoms with Gasteiger partial charge >= 0.3 is 0 Å². The lowest BCUT2D eigenvalue weighted by Crippen LogP contribution is -2.28. The van der Waals surface area contributed by atoms with Crippen molar-refractivity contribution in [3.8, 4) is 0 Å². The van der Waals surface area contributed by atoms with Gasteiger partial charge in [0.1, 0.15) is 0 Å². The number of rotatable bonds is 4. The fourth-order valence-electron chi connectivity index (χ4n) is 1.25. The van der Waals surface area contributed by atoms with Crippen LogP contribution in [0.1, 0.15) is 41.0 Å². The van der Waals surface area contributed by atoms with Crippen molar-refractivity contribution in [3.63, 3.8) is 0 Å². The average Bonchev–Trinajstić information content (AvgIpc) is 2.01. The first-order valence-electron chi connectivity index (χ1n) is 4.56. The molecule has 1 nitrogen and oxygen atoms in total. The van der Waals surface area contributed by atoms with Crippen molar-refractivity contribution >= 4 is 0 Å². The molecule has 0 aromatic rings. The largest absolute Gasteiger partial charge is 0.396 e. The average molecular weight is 158 g/mol. The molecule has 0 rings (SSSR count). The van der Waals surface area contributed by atoms with Gasteiger partial charge in [0.05, 0.1) is 0 Å². The second-order valence-electron chi connectivity index (χ2n) is 4.29. The number of hydrogen-bond donors (Lipinski definition) is 1. The zero-order chi connectivity index (χ0) is 9.07. The molecule has 0 aromatic heterocycles. The Morgan fingerprint density at radius 1 is 1.27 bits per heavy atom. The van der Waals surface area contributed by atoms with Crippen molar-refractivity contribution in [1.29, 1.82) is 0 Å². The molecule has 1 N–H and O–H groups in total. The molecule has 68 valence electrons. The molecule has 0 radical (unpaired) electrons. The second-order valence-corrected chi connectivity index (χ2v) is 4.29. The van der Waals surface area contributed by atoms with Gasteiger partial charge in [-0.3, -0.25) is 0 Å². The molecule has 0 spiro atoms. The SMILES string of the molecule is CCC(C)(C)C(C)C(C)CO. The molecule has 0 bridgehead atoms. The van der Waals surface area contributed by atoms with Crippen molar-refractivity contribution in [2.45, 2.75) is 41.0 Å². The maximum Gasteiger partial charge on any atom is 0.0459 e. The summed E-state index contributed by atoms with van der Waals surface area (Å²) < 4.78 is 0. The Hall–Kier alpha value is -0.0400. The molecule has 0 aromatic carbocycles. The van der Waals surface area contributed by atoms with Crippen LogP contribution in [-0.2, 0) is 0 Å². The highest BCUT2D eigenvalue weighted by molar-refractivity contribution is 4.77. The molecule has 0 saturated carbocycles. The van der Waals surface area contributed by atoms with Crippen molar-refractivity contribution in [2.75, 3.05) is 6.61 Å². The van der Waals surface area contributed by atoms with Crippen LogP contribution in [0, 0.1) is 17.3 Å². The van der Waals surface area contributed by atoms with Crippen LogP contribution in [-0.4, -0.2) is 11.7 Å². The lowest BCUT2D eigenvalue weighted by molar-refractivity contribution is 0.107. The minimum atomic E-state index is 0.310. The van der Waals surface area contributed by atoms with E-state index < -0.39 is 0 Å². The first kappa shape index (κ1) is 11.0. The normalized spacial score (nSPS) is 18.0. The van der Waals surface area contributed by atoms with Gasteiger partial charge in [-0.1, -0.05) is 41.0 Å². The van der Waals surface area contributed by atoms with Crippen LogP contribution in [0.5, 0.6) is 0 Å². The fraction of sp³-hybridized carbons (Fsp3) is 1.00. The van der Waals surface area contributed by atoms with E-state index in [2.05, 4.69) is 34.6 Å². The Balaban J connectivity index is 4.10. The zero-order valence-electron chi connectivity index (χ0n) is 8.52. The van der Waals surface area contributed by atoms with E-state index in [9.17, 15) is 0 Å². The van der Waals surface area contributed by atoms with Crippen LogP contribution in [0.2, 0.25) is 0 Å². The number of aliphatic hydroxyl groups excluding tert-OH is 1. The van der Waals surface area contributed by atoms with Crippen LogP contribution in [0.3, 0.4) is 0 Å². The van der Waals surface area contributed by atoms with Gasteiger partial charge in [-0.15, -0.1) is 0 Å². The summed E-state index contributed by atoms with van der Waals surface area (Å²) in [7, 11) is 0. The third-order valence-corrected chi connectivity index (χ3v) is 3.29. The van der Waals surface area contributed by atoms with E-state index in [4.69, 9.17) is 5.11 Å². The summed E-state index contributed by atoms with van der Waals surface area (Å²) in [6.45, 7) is 11.4. The molecule has 2 atom stereocenters. The van der Waals surface area contributed by atoms with Gasteiger partial charge in [-0.2, -0.15) is 0 Å². The zero-order valence-corrected chi connectivity index (χ0v) is 8.52. The topological polar surface area (TPSA) is 20.2 Å². The summed E-state index contributed by atoms with van der Waals surface area (Å²) in [4.78, 5) is 0. The van der Waals surface area contributed by atoms with Gasteiger partial charge in [0, 0.05) is 6.61 Å². The number of hydrogen-bond acceptors (Lipinski definition) is 1. The van der Waals surface area contributed by atoms with Crippen LogP contribution in [0.25, 0.3) is 0 Å². The van der Waals surface area contributed by atoms with Crippen LogP contribution in [0.4, 0.5) is 0 Å². The molecule has 0 aliphatic heterocycles.